The Labute approximate surface area is 136 Å². The van der Waals surface area contributed by atoms with E-state index in [0.29, 0.717) is 18.2 Å². The molecule has 3 aromatic rings. The second-order valence-electron chi connectivity index (χ2n) is 5.95. The lowest BCUT2D eigenvalue weighted by Crippen LogP contribution is -2.25. The van der Waals surface area contributed by atoms with Crippen molar-refractivity contribution >= 4 is 16.8 Å². The quantitative estimate of drug-likeness (QED) is 0.783. The van der Waals surface area contributed by atoms with Gasteiger partial charge in [0.2, 0.25) is 0 Å². The summed E-state index contributed by atoms with van der Waals surface area (Å²) in [5.41, 5.74) is 3.03. The molecule has 4 nitrogen and oxygen atoms in total. The first-order valence-corrected chi connectivity index (χ1v) is 7.93. The lowest BCUT2D eigenvalue weighted by atomic mass is 10.1. The van der Waals surface area contributed by atoms with E-state index in [2.05, 4.69) is 41.0 Å². The predicted octanol–water partition coefficient (Wildman–Crippen LogP) is 3.59. The van der Waals surface area contributed by atoms with E-state index in [0.717, 1.165) is 17.3 Å². The molecule has 23 heavy (non-hydrogen) atoms. The first-order chi connectivity index (χ1) is 11.1. The summed E-state index contributed by atoms with van der Waals surface area (Å²) in [7, 11) is 0. The zero-order valence-corrected chi connectivity index (χ0v) is 13.5. The maximum Gasteiger partial charge on any atom is 0.251 e. The summed E-state index contributed by atoms with van der Waals surface area (Å²) in [4.78, 5) is 16.3. The van der Waals surface area contributed by atoms with E-state index < -0.39 is 0 Å². The number of benzene rings is 1. The highest BCUT2D eigenvalue weighted by molar-refractivity contribution is 5.98. The number of amides is 1. The third kappa shape index (κ3) is 3.42. The number of fused-ring (bicyclic) bond motifs is 1. The van der Waals surface area contributed by atoms with Gasteiger partial charge in [-0.05, 0) is 62.2 Å². The minimum absolute atomic E-state index is 0.0294. The van der Waals surface area contributed by atoms with E-state index >= 15 is 0 Å². The largest absolute Gasteiger partial charge is 0.352 e. The van der Waals surface area contributed by atoms with Crippen molar-refractivity contribution in [2.24, 2.45) is 0 Å². The third-order valence-corrected chi connectivity index (χ3v) is 3.99. The number of aromatic nitrogens is 2. The van der Waals surface area contributed by atoms with E-state index in [1.165, 1.54) is 5.56 Å². The molecular weight excluding hydrogens is 286 g/mol. The molecule has 0 aliphatic heterocycles. The molecule has 0 unspecified atom stereocenters. The molecule has 0 atom stereocenters. The smallest absolute Gasteiger partial charge is 0.251 e. The van der Waals surface area contributed by atoms with Crippen LogP contribution in [0.2, 0.25) is 0 Å². The zero-order chi connectivity index (χ0) is 16.2. The highest BCUT2D eigenvalue weighted by atomic mass is 16.1. The van der Waals surface area contributed by atoms with E-state index in [1.54, 1.807) is 12.4 Å². The first kappa shape index (κ1) is 15.3. The zero-order valence-electron chi connectivity index (χ0n) is 13.5. The molecule has 0 bridgehead atoms. The summed E-state index contributed by atoms with van der Waals surface area (Å²) in [5.74, 6) is -0.0294. The first-order valence-electron chi connectivity index (χ1n) is 7.93. The van der Waals surface area contributed by atoms with Crippen molar-refractivity contribution in [3.05, 3.63) is 66.1 Å². The summed E-state index contributed by atoms with van der Waals surface area (Å²) >= 11 is 0. The molecule has 1 aromatic carbocycles. The fraction of sp³-hybridized carbons (Fsp3) is 0.263. The van der Waals surface area contributed by atoms with Crippen molar-refractivity contribution in [2.45, 2.75) is 26.3 Å². The molecule has 118 valence electrons. The van der Waals surface area contributed by atoms with Gasteiger partial charge in [-0.1, -0.05) is 0 Å². The Bertz CT molecular complexity index is 806. The minimum atomic E-state index is -0.0294. The number of hydrogen-bond donors (Lipinski definition) is 1. The summed E-state index contributed by atoms with van der Waals surface area (Å²) < 4.78 is 2.21. The number of pyridine rings is 1. The van der Waals surface area contributed by atoms with Crippen LogP contribution in [-0.2, 0) is 6.42 Å². The van der Waals surface area contributed by atoms with Crippen molar-refractivity contribution in [1.29, 1.82) is 0 Å². The van der Waals surface area contributed by atoms with E-state index in [-0.39, 0.29) is 5.91 Å². The Kier molecular flexibility index (Phi) is 4.42. The molecule has 2 heterocycles. The topological polar surface area (TPSA) is 46.9 Å². The maximum atomic E-state index is 12.3. The molecule has 1 N–H and O–H groups in total. The van der Waals surface area contributed by atoms with Crippen LogP contribution in [0.25, 0.3) is 10.9 Å². The molecule has 0 spiro atoms. The maximum absolute atomic E-state index is 12.3. The molecule has 0 saturated heterocycles. The summed E-state index contributed by atoms with van der Waals surface area (Å²) in [6, 6.07) is 12.3. The minimum Gasteiger partial charge on any atom is -0.352 e. The lowest BCUT2D eigenvalue weighted by molar-refractivity contribution is 0.0954. The van der Waals surface area contributed by atoms with Gasteiger partial charge in [0.05, 0.1) is 0 Å². The molecular formula is C19H21N3O. The Morgan fingerprint density at radius 3 is 2.70 bits per heavy atom. The van der Waals surface area contributed by atoms with Crippen LogP contribution in [0.4, 0.5) is 0 Å². The molecule has 0 radical (unpaired) electrons. The highest BCUT2D eigenvalue weighted by Gasteiger charge is 2.09. The number of carbonyl (C=O) groups excluding carboxylic acids is 1. The second-order valence-corrected chi connectivity index (χ2v) is 5.95. The second kappa shape index (κ2) is 6.65. The normalized spacial score (nSPS) is 11.1. The van der Waals surface area contributed by atoms with E-state index in [4.69, 9.17) is 0 Å². The molecule has 0 fully saturated rings. The van der Waals surface area contributed by atoms with Crippen molar-refractivity contribution in [3.8, 4) is 0 Å². The number of hydrogen-bond acceptors (Lipinski definition) is 2. The van der Waals surface area contributed by atoms with Crippen LogP contribution in [0.3, 0.4) is 0 Å². The average molecular weight is 307 g/mol. The molecule has 3 rings (SSSR count). The van der Waals surface area contributed by atoms with Crippen molar-refractivity contribution in [2.75, 3.05) is 6.54 Å². The SMILES string of the molecule is CC(C)n1ccc2cc(C(=O)NCCc3ccncc3)ccc21. The van der Waals surface area contributed by atoms with E-state index in [1.807, 2.05) is 30.3 Å². The van der Waals surface area contributed by atoms with Crippen LogP contribution in [0.5, 0.6) is 0 Å². The van der Waals surface area contributed by atoms with Gasteiger partial charge in [-0.15, -0.1) is 0 Å². The third-order valence-electron chi connectivity index (χ3n) is 3.99. The van der Waals surface area contributed by atoms with Gasteiger partial charge in [0.1, 0.15) is 0 Å². The number of nitrogens with zero attached hydrogens (tertiary/aromatic N) is 2. The van der Waals surface area contributed by atoms with Gasteiger partial charge in [-0.3, -0.25) is 9.78 Å². The van der Waals surface area contributed by atoms with Gasteiger partial charge in [0.25, 0.3) is 5.91 Å². The van der Waals surface area contributed by atoms with Crippen LogP contribution in [0, 0.1) is 0 Å². The highest BCUT2D eigenvalue weighted by Crippen LogP contribution is 2.21. The van der Waals surface area contributed by atoms with Crippen molar-refractivity contribution in [1.82, 2.24) is 14.9 Å². The summed E-state index contributed by atoms with van der Waals surface area (Å²) in [5, 5.41) is 4.07. The molecule has 0 saturated carbocycles. The molecule has 2 aromatic heterocycles. The van der Waals surface area contributed by atoms with Gasteiger partial charge in [-0.25, -0.2) is 0 Å². The van der Waals surface area contributed by atoms with Crippen LogP contribution in [0.15, 0.2) is 55.0 Å². The van der Waals surface area contributed by atoms with Gasteiger partial charge < -0.3 is 9.88 Å². The van der Waals surface area contributed by atoms with Crippen LogP contribution in [0.1, 0.15) is 35.8 Å². The Hall–Kier alpha value is -2.62. The van der Waals surface area contributed by atoms with Gasteiger partial charge in [0, 0.05) is 47.6 Å². The Morgan fingerprint density at radius 2 is 1.96 bits per heavy atom. The molecule has 0 aliphatic rings. The van der Waals surface area contributed by atoms with Crippen molar-refractivity contribution in [3.63, 3.8) is 0 Å². The lowest BCUT2D eigenvalue weighted by Gasteiger charge is -2.10. The molecule has 4 heteroatoms. The molecule has 1 amide bonds. The Morgan fingerprint density at radius 1 is 1.17 bits per heavy atom. The predicted molar refractivity (Wildman–Crippen MR) is 92.6 cm³/mol. The van der Waals surface area contributed by atoms with Crippen LogP contribution in [-0.4, -0.2) is 22.0 Å². The summed E-state index contributed by atoms with van der Waals surface area (Å²) in [6.45, 7) is 4.92. The van der Waals surface area contributed by atoms with E-state index in [9.17, 15) is 4.79 Å². The van der Waals surface area contributed by atoms with Crippen molar-refractivity contribution < 1.29 is 4.79 Å². The summed E-state index contributed by atoms with van der Waals surface area (Å²) in [6.07, 6.45) is 6.41. The fourth-order valence-electron chi connectivity index (χ4n) is 2.73. The average Bonchev–Trinajstić information content (AvgIpc) is 2.99. The van der Waals surface area contributed by atoms with Gasteiger partial charge >= 0.3 is 0 Å². The standard InChI is InChI=1S/C19H21N3O/c1-14(2)22-12-8-16-13-17(3-4-18(16)22)19(23)21-11-7-15-5-9-20-10-6-15/h3-6,8-10,12-14H,7,11H2,1-2H3,(H,21,23). The fourth-order valence-corrected chi connectivity index (χ4v) is 2.73. The van der Waals surface area contributed by atoms with Gasteiger partial charge in [-0.2, -0.15) is 0 Å². The van der Waals surface area contributed by atoms with Gasteiger partial charge in [0.15, 0.2) is 0 Å². The van der Waals surface area contributed by atoms with Crippen LogP contribution >= 0.6 is 0 Å². The van der Waals surface area contributed by atoms with Crippen LogP contribution < -0.4 is 5.32 Å². The number of nitrogens with one attached hydrogen (secondary N) is 1. The number of carbonyl (C=O) groups is 1. The molecule has 0 aliphatic carbocycles. The monoisotopic (exact) mass is 307 g/mol. The number of rotatable bonds is 5. The Balaban J connectivity index is 1.66.